The lowest BCUT2D eigenvalue weighted by Crippen LogP contribution is -2.27. The van der Waals surface area contributed by atoms with Gasteiger partial charge in [0.25, 0.3) is 5.56 Å². The van der Waals surface area contributed by atoms with Gasteiger partial charge < -0.3 is 0 Å². The van der Waals surface area contributed by atoms with Gasteiger partial charge in [0, 0.05) is 25.4 Å². The third kappa shape index (κ3) is 3.69. The summed E-state index contributed by atoms with van der Waals surface area (Å²) in [4.78, 5) is 16.0. The van der Waals surface area contributed by atoms with E-state index in [0.29, 0.717) is 13.0 Å². The fourth-order valence-corrected chi connectivity index (χ4v) is 4.30. The van der Waals surface area contributed by atoms with Crippen molar-refractivity contribution in [2.45, 2.75) is 24.8 Å². The van der Waals surface area contributed by atoms with Gasteiger partial charge in [0.15, 0.2) is 0 Å². The van der Waals surface area contributed by atoms with E-state index in [1.807, 2.05) is 6.92 Å². The van der Waals surface area contributed by atoms with Gasteiger partial charge in [0.05, 0.1) is 20.1 Å². The van der Waals surface area contributed by atoms with Crippen LogP contribution < -0.4 is 10.3 Å². The van der Waals surface area contributed by atoms with E-state index >= 15 is 0 Å². The van der Waals surface area contributed by atoms with E-state index in [9.17, 15) is 13.2 Å². The van der Waals surface area contributed by atoms with Crippen LogP contribution in [0.5, 0.6) is 0 Å². The molecule has 2 heterocycles. The summed E-state index contributed by atoms with van der Waals surface area (Å²) in [5, 5.41) is 4.82. The highest BCUT2D eigenvalue weighted by Gasteiger charge is 2.15. The third-order valence-corrected chi connectivity index (χ3v) is 5.79. The first-order valence-corrected chi connectivity index (χ1v) is 9.65. The normalized spacial score (nSPS) is 11.9. The molecule has 0 aliphatic heterocycles. The van der Waals surface area contributed by atoms with Crippen LogP contribution in [0.25, 0.3) is 10.2 Å². The van der Waals surface area contributed by atoms with Crippen LogP contribution in [0.15, 0.2) is 46.2 Å². The Bertz CT molecular complexity index is 1020. The van der Waals surface area contributed by atoms with Gasteiger partial charge in [-0.05, 0) is 37.6 Å². The van der Waals surface area contributed by atoms with Crippen LogP contribution in [-0.2, 0) is 16.6 Å². The summed E-state index contributed by atoms with van der Waals surface area (Å²) in [5.74, 6) is 0. The van der Waals surface area contributed by atoms with Gasteiger partial charge in [-0.1, -0.05) is 0 Å². The fraction of sp³-hybridized carbons (Fsp3) is 0.267. The van der Waals surface area contributed by atoms with Crippen LogP contribution in [-0.4, -0.2) is 29.7 Å². The average molecular weight is 364 g/mol. The van der Waals surface area contributed by atoms with Gasteiger partial charge in [-0.3, -0.25) is 4.79 Å². The number of rotatable bonds is 6. The Morgan fingerprint density at radius 3 is 2.92 bits per heavy atom. The molecule has 0 atom stereocenters. The van der Waals surface area contributed by atoms with E-state index in [2.05, 4.69) is 14.8 Å². The van der Waals surface area contributed by atoms with Crippen molar-refractivity contribution in [3.8, 4) is 0 Å². The van der Waals surface area contributed by atoms with E-state index in [0.717, 1.165) is 15.2 Å². The molecule has 9 heteroatoms. The molecule has 126 valence electrons. The van der Waals surface area contributed by atoms with Crippen molar-refractivity contribution in [2.24, 2.45) is 0 Å². The second-order valence-corrected chi connectivity index (χ2v) is 8.20. The molecule has 0 amide bonds. The molecule has 24 heavy (non-hydrogen) atoms. The van der Waals surface area contributed by atoms with Crippen molar-refractivity contribution in [1.29, 1.82) is 0 Å². The maximum Gasteiger partial charge on any atom is 0.266 e. The molecule has 3 rings (SSSR count). The van der Waals surface area contributed by atoms with E-state index in [1.54, 1.807) is 24.3 Å². The molecule has 1 N–H and O–H groups in total. The lowest BCUT2D eigenvalue weighted by molar-refractivity contribution is 0.535. The zero-order valence-corrected chi connectivity index (χ0v) is 14.6. The van der Waals surface area contributed by atoms with Gasteiger partial charge in [0.2, 0.25) is 10.0 Å². The summed E-state index contributed by atoms with van der Waals surface area (Å²) < 4.78 is 29.4. The maximum atomic E-state index is 12.3. The number of aryl methyl sites for hydroxylation is 2. The minimum atomic E-state index is -3.59. The molecule has 3 aromatic rings. The van der Waals surface area contributed by atoms with Crippen molar-refractivity contribution in [1.82, 2.24) is 19.5 Å². The van der Waals surface area contributed by atoms with Crippen molar-refractivity contribution in [3.05, 3.63) is 51.9 Å². The Balaban J connectivity index is 1.64. The summed E-state index contributed by atoms with van der Waals surface area (Å²) in [6.07, 6.45) is 2.00. The standard InChI is InChI=1S/C15H16N4O3S2/c1-11-18-13-6-5-12(10-14(13)23-11)24(21,22)17-8-3-9-19-15(20)4-2-7-16-19/h2,4-7,10,17H,3,8-9H2,1H3. The van der Waals surface area contributed by atoms with Gasteiger partial charge in [-0.15, -0.1) is 11.3 Å². The van der Waals surface area contributed by atoms with Crippen LogP contribution >= 0.6 is 11.3 Å². The minimum absolute atomic E-state index is 0.202. The average Bonchev–Trinajstić information content (AvgIpc) is 2.92. The number of nitrogens with zero attached hydrogens (tertiary/aromatic N) is 3. The smallest absolute Gasteiger partial charge is 0.266 e. The van der Waals surface area contributed by atoms with Gasteiger partial charge in [-0.2, -0.15) is 5.10 Å². The predicted octanol–water partition coefficient (Wildman–Crippen LogP) is 1.53. The molecular weight excluding hydrogens is 348 g/mol. The molecule has 0 radical (unpaired) electrons. The second kappa shape index (κ2) is 6.80. The topological polar surface area (TPSA) is 93.9 Å². The van der Waals surface area contributed by atoms with Gasteiger partial charge in [0.1, 0.15) is 0 Å². The van der Waals surface area contributed by atoms with Crippen LogP contribution in [0.1, 0.15) is 11.4 Å². The number of benzene rings is 1. The molecule has 0 spiro atoms. The number of thiazole rings is 1. The minimum Gasteiger partial charge on any atom is -0.268 e. The van der Waals surface area contributed by atoms with E-state index in [4.69, 9.17) is 0 Å². The highest BCUT2D eigenvalue weighted by Crippen LogP contribution is 2.24. The Morgan fingerprint density at radius 2 is 2.12 bits per heavy atom. The number of hydrogen-bond donors (Lipinski definition) is 1. The SMILES string of the molecule is Cc1nc2ccc(S(=O)(=O)NCCCn3ncccc3=O)cc2s1. The number of hydrogen-bond acceptors (Lipinski definition) is 6. The zero-order valence-electron chi connectivity index (χ0n) is 13.0. The van der Waals surface area contributed by atoms with Crippen LogP contribution in [0.2, 0.25) is 0 Å². The summed E-state index contributed by atoms with van der Waals surface area (Å²) in [5.41, 5.74) is 0.595. The van der Waals surface area contributed by atoms with Gasteiger partial charge in [-0.25, -0.2) is 22.8 Å². The molecule has 0 aliphatic carbocycles. The van der Waals surface area contributed by atoms with E-state index < -0.39 is 10.0 Å². The first-order valence-electron chi connectivity index (χ1n) is 7.35. The Hall–Kier alpha value is -2.10. The third-order valence-electron chi connectivity index (χ3n) is 3.40. The fourth-order valence-electron chi connectivity index (χ4n) is 2.26. The van der Waals surface area contributed by atoms with Crippen LogP contribution in [0.4, 0.5) is 0 Å². The van der Waals surface area contributed by atoms with Crippen molar-refractivity contribution >= 4 is 31.6 Å². The first kappa shape index (κ1) is 16.7. The molecule has 0 aliphatic rings. The maximum absolute atomic E-state index is 12.3. The molecule has 0 bridgehead atoms. The second-order valence-electron chi connectivity index (χ2n) is 5.20. The summed E-state index contributed by atoms with van der Waals surface area (Å²) in [6, 6.07) is 7.88. The quantitative estimate of drug-likeness (QED) is 0.670. The molecule has 7 nitrogen and oxygen atoms in total. The number of fused-ring (bicyclic) bond motifs is 1. The molecule has 2 aromatic heterocycles. The summed E-state index contributed by atoms with van der Waals surface area (Å²) in [6.45, 7) is 2.47. The molecule has 0 fully saturated rings. The molecule has 0 saturated heterocycles. The molecule has 0 unspecified atom stereocenters. The lowest BCUT2D eigenvalue weighted by atomic mass is 10.3. The van der Waals surface area contributed by atoms with Crippen LogP contribution in [0, 0.1) is 6.92 Å². The number of aromatic nitrogens is 3. The largest absolute Gasteiger partial charge is 0.268 e. The van der Waals surface area contributed by atoms with Crippen LogP contribution in [0.3, 0.4) is 0 Å². The zero-order chi connectivity index (χ0) is 17.2. The predicted molar refractivity (Wildman–Crippen MR) is 92.7 cm³/mol. The summed E-state index contributed by atoms with van der Waals surface area (Å²) in [7, 11) is -3.59. The van der Waals surface area contributed by atoms with Crippen molar-refractivity contribution in [3.63, 3.8) is 0 Å². The number of sulfonamides is 1. The molecule has 0 saturated carbocycles. The Morgan fingerprint density at radius 1 is 1.29 bits per heavy atom. The Labute approximate surface area is 143 Å². The lowest BCUT2D eigenvalue weighted by Gasteiger charge is -2.07. The van der Waals surface area contributed by atoms with Gasteiger partial charge >= 0.3 is 0 Å². The Kier molecular flexibility index (Phi) is 4.74. The number of nitrogens with one attached hydrogen (secondary N) is 1. The molecule has 1 aromatic carbocycles. The monoisotopic (exact) mass is 364 g/mol. The van der Waals surface area contributed by atoms with E-state index in [1.165, 1.54) is 28.3 Å². The highest BCUT2D eigenvalue weighted by molar-refractivity contribution is 7.89. The summed E-state index contributed by atoms with van der Waals surface area (Å²) >= 11 is 1.46. The van der Waals surface area contributed by atoms with Crippen molar-refractivity contribution < 1.29 is 8.42 Å². The van der Waals surface area contributed by atoms with Crippen molar-refractivity contribution in [2.75, 3.05) is 6.54 Å². The van der Waals surface area contributed by atoms with E-state index in [-0.39, 0.29) is 17.0 Å². The molecular formula is C15H16N4O3S2. The first-order chi connectivity index (χ1) is 11.5. The highest BCUT2D eigenvalue weighted by atomic mass is 32.2.